The minimum atomic E-state index is -0.808. The second kappa shape index (κ2) is 5.48. The monoisotopic (exact) mass is 325 g/mol. The molecule has 2 nitrogen and oxygen atoms in total. The van der Waals surface area contributed by atoms with Crippen LogP contribution in [0.3, 0.4) is 0 Å². The highest BCUT2D eigenvalue weighted by Gasteiger charge is 2.15. The highest BCUT2D eigenvalue weighted by atomic mass is 79.9. The Kier molecular flexibility index (Phi) is 3.95. The Balaban J connectivity index is 2.34. The average Bonchev–Trinajstić information content (AvgIpc) is 2.37. The van der Waals surface area contributed by atoms with Gasteiger partial charge in [-0.05, 0) is 46.6 Å². The van der Waals surface area contributed by atoms with Crippen LogP contribution in [0, 0.1) is 18.6 Å². The van der Waals surface area contributed by atoms with Crippen molar-refractivity contribution in [2.45, 2.75) is 6.92 Å². The molecule has 0 aromatic heterocycles. The van der Waals surface area contributed by atoms with Crippen molar-refractivity contribution in [3.8, 4) is 0 Å². The maximum absolute atomic E-state index is 13.4. The summed E-state index contributed by atoms with van der Waals surface area (Å²) in [6, 6.07) is 8.51. The molecule has 0 aliphatic rings. The lowest BCUT2D eigenvalue weighted by Gasteiger charge is -2.09. The van der Waals surface area contributed by atoms with E-state index >= 15 is 0 Å². The number of carbonyl (C=O) groups is 1. The topological polar surface area (TPSA) is 29.1 Å². The molecular formula is C14H10BrF2NO. The molecular weight excluding hydrogens is 316 g/mol. The van der Waals surface area contributed by atoms with Gasteiger partial charge >= 0.3 is 0 Å². The van der Waals surface area contributed by atoms with Crippen LogP contribution in [0.4, 0.5) is 14.5 Å². The SMILES string of the molecule is Cc1cccc(C(=O)Nc2c(F)cccc2F)c1Br. The molecule has 2 rings (SSSR count). The number of aryl methyl sites for hydroxylation is 1. The molecule has 0 saturated carbocycles. The Labute approximate surface area is 117 Å². The molecule has 0 fully saturated rings. The van der Waals surface area contributed by atoms with E-state index in [4.69, 9.17) is 0 Å². The van der Waals surface area contributed by atoms with E-state index in [-0.39, 0.29) is 0 Å². The smallest absolute Gasteiger partial charge is 0.256 e. The number of halogens is 3. The van der Waals surface area contributed by atoms with Crippen molar-refractivity contribution in [1.29, 1.82) is 0 Å². The van der Waals surface area contributed by atoms with Gasteiger partial charge < -0.3 is 5.32 Å². The van der Waals surface area contributed by atoms with Gasteiger partial charge in [0, 0.05) is 4.47 Å². The van der Waals surface area contributed by atoms with Crippen LogP contribution >= 0.6 is 15.9 Å². The third-order valence-corrected chi connectivity index (χ3v) is 3.69. The predicted octanol–water partition coefficient (Wildman–Crippen LogP) is 4.29. The molecule has 19 heavy (non-hydrogen) atoms. The zero-order valence-electron chi connectivity index (χ0n) is 10.0. The van der Waals surface area contributed by atoms with E-state index in [0.717, 1.165) is 17.7 Å². The summed E-state index contributed by atoms with van der Waals surface area (Å²) in [5.41, 5.74) is 0.741. The Morgan fingerprint density at radius 1 is 1.11 bits per heavy atom. The lowest BCUT2D eigenvalue weighted by atomic mass is 10.1. The molecule has 0 atom stereocenters. The molecule has 0 aliphatic carbocycles. The molecule has 0 aliphatic heterocycles. The van der Waals surface area contributed by atoms with E-state index in [2.05, 4.69) is 21.2 Å². The van der Waals surface area contributed by atoms with Crippen molar-refractivity contribution in [1.82, 2.24) is 0 Å². The second-order valence-electron chi connectivity index (χ2n) is 3.99. The summed E-state index contributed by atoms with van der Waals surface area (Å²) in [6.07, 6.45) is 0. The molecule has 1 amide bonds. The van der Waals surface area contributed by atoms with E-state index < -0.39 is 23.2 Å². The Hall–Kier alpha value is -1.75. The number of nitrogens with one attached hydrogen (secondary N) is 1. The van der Waals surface area contributed by atoms with Gasteiger partial charge in [0.1, 0.15) is 17.3 Å². The number of hydrogen-bond acceptors (Lipinski definition) is 1. The lowest BCUT2D eigenvalue weighted by molar-refractivity contribution is 0.102. The Bertz CT molecular complexity index is 623. The average molecular weight is 326 g/mol. The van der Waals surface area contributed by atoms with Gasteiger partial charge in [-0.1, -0.05) is 18.2 Å². The molecule has 0 radical (unpaired) electrons. The number of amides is 1. The van der Waals surface area contributed by atoms with Crippen LogP contribution in [0.5, 0.6) is 0 Å². The molecule has 0 spiro atoms. The first kappa shape index (κ1) is 13.7. The van der Waals surface area contributed by atoms with Crippen molar-refractivity contribution in [2.24, 2.45) is 0 Å². The highest BCUT2D eigenvalue weighted by molar-refractivity contribution is 9.10. The minimum absolute atomic E-state index is 0.322. The molecule has 5 heteroatoms. The number of para-hydroxylation sites is 1. The van der Waals surface area contributed by atoms with Gasteiger partial charge in [-0.2, -0.15) is 0 Å². The largest absolute Gasteiger partial charge is 0.317 e. The number of hydrogen-bond donors (Lipinski definition) is 1. The van der Waals surface area contributed by atoms with Gasteiger partial charge in [-0.25, -0.2) is 8.78 Å². The summed E-state index contributed by atoms with van der Waals surface area (Å²) in [4.78, 5) is 12.0. The van der Waals surface area contributed by atoms with Crippen molar-refractivity contribution in [3.05, 3.63) is 63.6 Å². The number of carbonyl (C=O) groups excluding carboxylic acids is 1. The molecule has 1 N–H and O–H groups in total. The zero-order valence-corrected chi connectivity index (χ0v) is 11.6. The van der Waals surface area contributed by atoms with Crippen molar-refractivity contribution in [2.75, 3.05) is 5.32 Å². The zero-order chi connectivity index (χ0) is 14.0. The quantitative estimate of drug-likeness (QED) is 0.876. The third kappa shape index (κ3) is 2.81. The van der Waals surface area contributed by atoms with E-state index in [1.54, 1.807) is 12.1 Å². The fraction of sp³-hybridized carbons (Fsp3) is 0.0714. The normalized spacial score (nSPS) is 10.3. The van der Waals surface area contributed by atoms with Crippen LogP contribution in [0.15, 0.2) is 40.9 Å². The fourth-order valence-corrected chi connectivity index (χ4v) is 2.07. The van der Waals surface area contributed by atoms with Crippen molar-refractivity contribution >= 4 is 27.5 Å². The van der Waals surface area contributed by atoms with Crippen molar-refractivity contribution in [3.63, 3.8) is 0 Å². The molecule has 0 unspecified atom stereocenters. The van der Waals surface area contributed by atoms with Gasteiger partial charge in [-0.15, -0.1) is 0 Å². The maximum Gasteiger partial charge on any atom is 0.256 e. The predicted molar refractivity (Wildman–Crippen MR) is 73.2 cm³/mol. The molecule has 0 bridgehead atoms. The van der Waals surface area contributed by atoms with E-state index in [1.807, 2.05) is 13.0 Å². The van der Waals surface area contributed by atoms with Crippen LogP contribution in [0.1, 0.15) is 15.9 Å². The first-order valence-corrected chi connectivity index (χ1v) is 6.30. The van der Waals surface area contributed by atoms with Gasteiger partial charge in [0.15, 0.2) is 0 Å². The van der Waals surface area contributed by atoms with E-state index in [0.29, 0.717) is 10.0 Å². The number of rotatable bonds is 2. The van der Waals surface area contributed by atoms with Gasteiger partial charge in [0.05, 0.1) is 5.56 Å². The first-order valence-electron chi connectivity index (χ1n) is 5.51. The summed E-state index contributed by atoms with van der Waals surface area (Å²) < 4.78 is 27.5. The Morgan fingerprint density at radius 2 is 1.68 bits per heavy atom. The molecule has 2 aromatic rings. The van der Waals surface area contributed by atoms with E-state index in [9.17, 15) is 13.6 Å². The van der Waals surface area contributed by atoms with Crippen LogP contribution in [0.25, 0.3) is 0 Å². The van der Waals surface area contributed by atoms with Crippen LogP contribution in [-0.4, -0.2) is 5.91 Å². The summed E-state index contributed by atoms with van der Waals surface area (Å²) in [5.74, 6) is -2.19. The standard InChI is InChI=1S/C14H10BrF2NO/c1-8-4-2-5-9(12(8)15)14(19)18-13-10(16)6-3-7-11(13)17/h2-7H,1H3,(H,18,19). The first-order chi connectivity index (χ1) is 9.00. The molecule has 98 valence electrons. The summed E-state index contributed by atoms with van der Waals surface area (Å²) in [5, 5.41) is 2.24. The van der Waals surface area contributed by atoms with Crippen molar-refractivity contribution < 1.29 is 13.6 Å². The maximum atomic E-state index is 13.4. The van der Waals surface area contributed by atoms with Crippen LogP contribution in [-0.2, 0) is 0 Å². The lowest BCUT2D eigenvalue weighted by Crippen LogP contribution is -2.15. The molecule has 0 heterocycles. The summed E-state index contributed by atoms with van der Waals surface area (Å²) in [7, 11) is 0. The Morgan fingerprint density at radius 3 is 2.32 bits per heavy atom. The summed E-state index contributed by atoms with van der Waals surface area (Å²) >= 11 is 3.28. The van der Waals surface area contributed by atoms with Crippen LogP contribution in [0.2, 0.25) is 0 Å². The minimum Gasteiger partial charge on any atom is -0.317 e. The molecule has 2 aromatic carbocycles. The number of anilines is 1. The fourth-order valence-electron chi connectivity index (χ4n) is 1.62. The number of benzene rings is 2. The molecule has 0 saturated heterocycles. The highest BCUT2D eigenvalue weighted by Crippen LogP contribution is 2.24. The van der Waals surface area contributed by atoms with Crippen LogP contribution < -0.4 is 5.32 Å². The van der Waals surface area contributed by atoms with Gasteiger partial charge in [0.25, 0.3) is 5.91 Å². The van der Waals surface area contributed by atoms with Gasteiger partial charge in [0.2, 0.25) is 0 Å². The summed E-state index contributed by atoms with van der Waals surface area (Å²) in [6.45, 7) is 1.82. The van der Waals surface area contributed by atoms with E-state index in [1.165, 1.54) is 6.07 Å². The third-order valence-electron chi connectivity index (χ3n) is 2.64. The van der Waals surface area contributed by atoms with Gasteiger partial charge in [-0.3, -0.25) is 4.79 Å². The second-order valence-corrected chi connectivity index (χ2v) is 4.78.